The average Bonchev–Trinajstić information content (AvgIpc) is 3.13. The van der Waals surface area contributed by atoms with Crippen molar-refractivity contribution in [3.05, 3.63) is 141 Å². The highest BCUT2D eigenvalue weighted by molar-refractivity contribution is 6.34. The van der Waals surface area contributed by atoms with Crippen LogP contribution in [0.4, 0.5) is 11.4 Å². The lowest BCUT2D eigenvalue weighted by Crippen LogP contribution is -2.33. The lowest BCUT2D eigenvalue weighted by atomic mass is 10.1. The first-order valence-electron chi connectivity index (χ1n) is 15.7. The van der Waals surface area contributed by atoms with Crippen LogP contribution in [0.15, 0.2) is 119 Å². The molecule has 0 unspecified atom stereocenters. The molecule has 12 nitrogen and oxygen atoms in total. The van der Waals surface area contributed by atoms with E-state index in [1.54, 1.807) is 60.7 Å². The van der Waals surface area contributed by atoms with Crippen molar-refractivity contribution in [3.8, 4) is 0 Å². The molecule has 0 aliphatic heterocycles. The van der Waals surface area contributed by atoms with Gasteiger partial charge in [0, 0.05) is 39.6 Å². The molecule has 0 saturated heterocycles. The van der Waals surface area contributed by atoms with E-state index in [4.69, 9.17) is 23.2 Å². The molecule has 0 aliphatic carbocycles. The Balaban J connectivity index is 1.47. The molecule has 0 radical (unpaired) electrons. The molecule has 0 heterocycles. The maximum absolute atomic E-state index is 13.2. The Morgan fingerprint density at radius 1 is 0.538 bits per heavy atom. The van der Waals surface area contributed by atoms with Gasteiger partial charge in [-0.15, -0.1) is 0 Å². The standard InChI is InChI=1S/C38H36Cl2N8O4/c1-47(2)27-17-13-25(14-18-27)23-33(43-35(49)29-9-5-7-11-31(29)39)37(51)45-41-21-22-42-46-38(52)34(24-26-15-19-28(20-16-26)48(3)4)44-36(50)30-10-6-8-12-32(30)40/h5-24H,1-4H3,(H,43,49)(H,44,50)(H,45,51)(H,46,52)/b33-23-,34-24+,41-21+,42-22+. The predicted molar refractivity (Wildman–Crippen MR) is 209 cm³/mol. The molecule has 4 rings (SSSR count). The van der Waals surface area contributed by atoms with Crippen molar-refractivity contribution in [2.24, 2.45) is 10.2 Å². The van der Waals surface area contributed by atoms with Crippen molar-refractivity contribution in [2.75, 3.05) is 38.0 Å². The van der Waals surface area contributed by atoms with E-state index in [0.717, 1.165) is 23.8 Å². The zero-order valence-electron chi connectivity index (χ0n) is 28.7. The van der Waals surface area contributed by atoms with E-state index < -0.39 is 23.6 Å². The Bertz CT molecular complexity index is 1890. The molecule has 4 aromatic carbocycles. The third-order valence-electron chi connectivity index (χ3n) is 7.21. The minimum absolute atomic E-state index is 0.104. The van der Waals surface area contributed by atoms with Gasteiger partial charge < -0.3 is 20.4 Å². The summed E-state index contributed by atoms with van der Waals surface area (Å²) in [6, 6.07) is 27.5. The van der Waals surface area contributed by atoms with Crippen molar-refractivity contribution in [2.45, 2.75) is 0 Å². The van der Waals surface area contributed by atoms with Gasteiger partial charge in [-0.2, -0.15) is 10.2 Å². The van der Waals surface area contributed by atoms with Gasteiger partial charge in [0.05, 0.1) is 33.6 Å². The number of carbonyl (C=O) groups is 4. The maximum atomic E-state index is 13.2. The summed E-state index contributed by atoms with van der Waals surface area (Å²) in [6.45, 7) is 0. The molecule has 4 N–H and O–H groups in total. The molecule has 0 bridgehead atoms. The van der Waals surface area contributed by atoms with Crippen molar-refractivity contribution in [3.63, 3.8) is 0 Å². The first-order valence-corrected chi connectivity index (χ1v) is 16.4. The first kappa shape index (κ1) is 38.6. The summed E-state index contributed by atoms with van der Waals surface area (Å²) in [7, 11) is 7.62. The Labute approximate surface area is 311 Å². The molecule has 4 amide bonds. The number of nitrogens with one attached hydrogen (secondary N) is 4. The number of nitrogens with zero attached hydrogens (tertiary/aromatic N) is 4. The molecular weight excluding hydrogens is 703 g/mol. The van der Waals surface area contributed by atoms with E-state index in [1.165, 1.54) is 24.3 Å². The SMILES string of the molecule is CN(C)c1ccc(/C=C(\NC(=O)c2ccccc2Cl)C(=O)N/N=C/C=N/NC(=O)/C(=C\c2ccc(N(C)C)cc2)NC(=O)c2ccccc2Cl)cc1. The second-order valence-electron chi connectivity index (χ2n) is 11.4. The molecule has 0 aliphatic rings. The summed E-state index contributed by atoms with van der Waals surface area (Å²) in [5.41, 5.74) is 7.98. The van der Waals surface area contributed by atoms with Crippen molar-refractivity contribution in [1.29, 1.82) is 0 Å². The van der Waals surface area contributed by atoms with Crippen molar-refractivity contribution >= 4 is 82.8 Å². The number of carbonyl (C=O) groups excluding carboxylic acids is 4. The number of hydrogen-bond acceptors (Lipinski definition) is 8. The number of anilines is 2. The molecule has 0 fully saturated rings. The van der Waals surface area contributed by atoms with Crippen LogP contribution in [0.3, 0.4) is 0 Å². The van der Waals surface area contributed by atoms with E-state index >= 15 is 0 Å². The Kier molecular flexibility index (Phi) is 13.8. The van der Waals surface area contributed by atoms with E-state index in [2.05, 4.69) is 31.7 Å². The van der Waals surface area contributed by atoms with Crippen LogP contribution in [0.1, 0.15) is 31.8 Å². The van der Waals surface area contributed by atoms with Gasteiger partial charge in [0.15, 0.2) is 0 Å². The van der Waals surface area contributed by atoms with Gasteiger partial charge in [0.1, 0.15) is 11.4 Å². The molecule has 0 aromatic heterocycles. The minimum Gasteiger partial charge on any atom is -0.378 e. The summed E-state index contributed by atoms with van der Waals surface area (Å²) >= 11 is 12.4. The second kappa shape index (κ2) is 18.7. The van der Waals surface area contributed by atoms with Gasteiger partial charge in [-0.3, -0.25) is 19.2 Å². The van der Waals surface area contributed by atoms with Gasteiger partial charge >= 0.3 is 0 Å². The van der Waals surface area contributed by atoms with Crippen molar-refractivity contribution < 1.29 is 19.2 Å². The summed E-state index contributed by atoms with van der Waals surface area (Å²) in [4.78, 5) is 56.2. The Morgan fingerprint density at radius 3 is 1.21 bits per heavy atom. The molecule has 266 valence electrons. The quantitative estimate of drug-likeness (QED) is 0.0801. The highest BCUT2D eigenvalue weighted by atomic mass is 35.5. The molecule has 4 aromatic rings. The maximum Gasteiger partial charge on any atom is 0.287 e. The molecule has 0 atom stereocenters. The molecule has 14 heteroatoms. The lowest BCUT2D eigenvalue weighted by Gasteiger charge is -2.13. The topological polar surface area (TPSA) is 148 Å². The normalized spacial score (nSPS) is 11.7. The fourth-order valence-corrected chi connectivity index (χ4v) is 4.88. The van der Waals surface area contributed by atoms with Crippen LogP contribution in [0.2, 0.25) is 10.0 Å². The smallest absolute Gasteiger partial charge is 0.287 e. The molecule has 0 spiro atoms. The summed E-state index contributed by atoms with van der Waals surface area (Å²) in [5, 5.41) is 13.3. The summed E-state index contributed by atoms with van der Waals surface area (Å²) in [5.74, 6) is -2.66. The van der Waals surface area contributed by atoms with Crippen LogP contribution >= 0.6 is 23.2 Å². The van der Waals surface area contributed by atoms with E-state index in [9.17, 15) is 19.2 Å². The van der Waals surface area contributed by atoms with Gasteiger partial charge in [0.2, 0.25) is 0 Å². The number of hydrazone groups is 2. The van der Waals surface area contributed by atoms with E-state index in [-0.39, 0.29) is 32.6 Å². The minimum atomic E-state index is -0.737. The highest BCUT2D eigenvalue weighted by Gasteiger charge is 2.18. The fraction of sp³-hybridized carbons (Fsp3) is 0.105. The number of rotatable bonds is 13. The number of halogens is 2. The first-order chi connectivity index (χ1) is 24.9. The van der Waals surface area contributed by atoms with Crippen LogP contribution in [-0.2, 0) is 9.59 Å². The third kappa shape index (κ3) is 11.1. The van der Waals surface area contributed by atoms with Crippen LogP contribution in [0.5, 0.6) is 0 Å². The molecule has 52 heavy (non-hydrogen) atoms. The van der Waals surface area contributed by atoms with Crippen LogP contribution in [0.25, 0.3) is 12.2 Å². The fourth-order valence-electron chi connectivity index (χ4n) is 4.44. The zero-order valence-corrected chi connectivity index (χ0v) is 30.2. The Hall–Kier alpha value is -6.24. The van der Waals surface area contributed by atoms with Crippen LogP contribution in [0, 0.1) is 0 Å². The largest absolute Gasteiger partial charge is 0.378 e. The van der Waals surface area contributed by atoms with Gasteiger partial charge in [-0.1, -0.05) is 71.7 Å². The molecule has 0 saturated carbocycles. The number of hydrogen-bond donors (Lipinski definition) is 4. The highest BCUT2D eigenvalue weighted by Crippen LogP contribution is 2.19. The zero-order chi connectivity index (χ0) is 37.6. The summed E-state index contributed by atoms with van der Waals surface area (Å²) in [6.07, 6.45) is 5.21. The van der Waals surface area contributed by atoms with Gasteiger partial charge in [-0.05, 0) is 71.8 Å². The van der Waals surface area contributed by atoms with Crippen LogP contribution < -0.4 is 31.3 Å². The Morgan fingerprint density at radius 2 is 0.885 bits per heavy atom. The van der Waals surface area contributed by atoms with E-state index in [1.807, 2.05) is 62.3 Å². The van der Waals surface area contributed by atoms with E-state index in [0.29, 0.717) is 11.1 Å². The van der Waals surface area contributed by atoms with Gasteiger partial charge in [-0.25, -0.2) is 10.9 Å². The average molecular weight is 740 g/mol. The summed E-state index contributed by atoms with van der Waals surface area (Å²) < 4.78 is 0. The van der Waals surface area contributed by atoms with Crippen LogP contribution in [-0.4, -0.2) is 64.2 Å². The predicted octanol–water partition coefficient (Wildman–Crippen LogP) is 5.57. The monoisotopic (exact) mass is 738 g/mol. The second-order valence-corrected chi connectivity index (χ2v) is 12.2. The van der Waals surface area contributed by atoms with Gasteiger partial charge in [0.25, 0.3) is 23.6 Å². The molecular formula is C38H36Cl2N8O4. The lowest BCUT2D eigenvalue weighted by molar-refractivity contribution is -0.118. The van der Waals surface area contributed by atoms with Crippen molar-refractivity contribution in [1.82, 2.24) is 21.5 Å². The number of benzene rings is 4. The third-order valence-corrected chi connectivity index (χ3v) is 7.87. The number of amides is 4.